The lowest BCUT2D eigenvalue weighted by molar-refractivity contribution is 0.217. The van der Waals surface area contributed by atoms with Gasteiger partial charge in [0.05, 0.1) is 0 Å². The van der Waals surface area contributed by atoms with E-state index in [0.717, 1.165) is 28.0 Å². The monoisotopic (exact) mass is 351 g/mol. The summed E-state index contributed by atoms with van der Waals surface area (Å²) >= 11 is 6.05. The van der Waals surface area contributed by atoms with Gasteiger partial charge in [-0.3, -0.25) is 0 Å². The quantitative estimate of drug-likeness (QED) is 0.659. The summed E-state index contributed by atoms with van der Waals surface area (Å²) in [5.41, 5.74) is 4.30. The average Bonchev–Trinajstić information content (AvgIpc) is 3.05. The van der Waals surface area contributed by atoms with Gasteiger partial charge in [0.1, 0.15) is 0 Å². The summed E-state index contributed by atoms with van der Waals surface area (Å²) in [4.78, 5) is 17.5. The molecule has 4 rings (SSSR count). The van der Waals surface area contributed by atoms with Gasteiger partial charge in [0.15, 0.2) is 0 Å². The summed E-state index contributed by atoms with van der Waals surface area (Å²) < 4.78 is 0. The number of H-pyrrole nitrogens is 1. The zero-order valence-electron chi connectivity index (χ0n) is 13.6. The van der Waals surface area contributed by atoms with Gasteiger partial charge in [-0.25, -0.2) is 4.79 Å². The molecule has 2 N–H and O–H groups in total. The molecule has 0 spiro atoms. The zero-order valence-corrected chi connectivity index (χ0v) is 14.4. The highest BCUT2D eigenvalue weighted by Crippen LogP contribution is 2.30. The number of nitrogens with zero attached hydrogens (tertiary/aromatic N) is 1. The number of carbonyl (C=O) groups is 1. The molecule has 1 aliphatic heterocycles. The molecule has 1 aromatic heterocycles. The van der Waals surface area contributed by atoms with Gasteiger partial charge < -0.3 is 15.2 Å². The second-order valence-corrected chi connectivity index (χ2v) is 6.55. The second kappa shape index (κ2) is 6.65. The molecule has 2 aromatic carbocycles. The van der Waals surface area contributed by atoms with Gasteiger partial charge in [-0.15, -0.1) is 0 Å². The van der Waals surface area contributed by atoms with Crippen LogP contribution in [0.15, 0.2) is 60.8 Å². The van der Waals surface area contributed by atoms with Crippen LogP contribution in [0.2, 0.25) is 5.02 Å². The van der Waals surface area contributed by atoms with Crippen LogP contribution in [-0.4, -0.2) is 29.0 Å². The maximum Gasteiger partial charge on any atom is 0.322 e. The highest BCUT2D eigenvalue weighted by Gasteiger charge is 2.19. The molecule has 0 saturated carbocycles. The normalized spacial score (nSPS) is 14.4. The maximum absolute atomic E-state index is 12.4. The topological polar surface area (TPSA) is 48.1 Å². The summed E-state index contributed by atoms with van der Waals surface area (Å²) in [6.07, 6.45) is 4.98. The van der Waals surface area contributed by atoms with Crippen molar-refractivity contribution in [2.45, 2.75) is 6.42 Å². The molecule has 1 aliphatic rings. The van der Waals surface area contributed by atoms with Crippen LogP contribution in [0.5, 0.6) is 0 Å². The largest absolute Gasteiger partial charge is 0.361 e. The van der Waals surface area contributed by atoms with Crippen LogP contribution in [0, 0.1) is 0 Å². The summed E-state index contributed by atoms with van der Waals surface area (Å²) in [6.45, 7) is 1.30. The van der Waals surface area contributed by atoms with Crippen molar-refractivity contribution in [2.75, 3.05) is 18.4 Å². The number of nitrogens with one attached hydrogen (secondary N) is 2. The highest BCUT2D eigenvalue weighted by atomic mass is 35.5. The molecule has 0 unspecified atom stereocenters. The number of para-hydroxylation sites is 1. The van der Waals surface area contributed by atoms with Gasteiger partial charge in [-0.05, 0) is 36.3 Å². The lowest BCUT2D eigenvalue weighted by atomic mass is 9.99. The summed E-state index contributed by atoms with van der Waals surface area (Å²) in [6, 6.07) is 15.3. The highest BCUT2D eigenvalue weighted by molar-refractivity contribution is 6.31. The summed E-state index contributed by atoms with van der Waals surface area (Å²) in [5.74, 6) is 0. The van der Waals surface area contributed by atoms with Crippen molar-refractivity contribution < 1.29 is 4.79 Å². The van der Waals surface area contributed by atoms with E-state index in [4.69, 9.17) is 11.6 Å². The number of urea groups is 1. The van der Waals surface area contributed by atoms with E-state index in [2.05, 4.69) is 16.4 Å². The van der Waals surface area contributed by atoms with Gasteiger partial charge in [0, 0.05) is 46.5 Å². The number of hydrogen-bond donors (Lipinski definition) is 2. The Morgan fingerprint density at radius 2 is 2.00 bits per heavy atom. The van der Waals surface area contributed by atoms with E-state index in [-0.39, 0.29) is 6.03 Å². The number of hydrogen-bond acceptors (Lipinski definition) is 1. The Morgan fingerprint density at radius 3 is 2.76 bits per heavy atom. The predicted octanol–water partition coefficient (Wildman–Crippen LogP) is 5.14. The first-order valence-electron chi connectivity index (χ1n) is 8.28. The summed E-state index contributed by atoms with van der Waals surface area (Å²) in [5, 5.41) is 4.82. The van der Waals surface area contributed by atoms with Crippen LogP contribution in [0.4, 0.5) is 10.5 Å². The smallest absolute Gasteiger partial charge is 0.322 e. The third-order valence-electron chi connectivity index (χ3n) is 4.51. The van der Waals surface area contributed by atoms with Crippen LogP contribution < -0.4 is 5.32 Å². The zero-order chi connectivity index (χ0) is 17.2. The Balaban J connectivity index is 1.49. The fourth-order valence-electron chi connectivity index (χ4n) is 3.19. The number of halogens is 1. The lowest BCUT2D eigenvalue weighted by Gasteiger charge is -2.26. The van der Waals surface area contributed by atoms with Crippen LogP contribution in [0.25, 0.3) is 16.5 Å². The second-order valence-electron chi connectivity index (χ2n) is 6.11. The molecule has 0 bridgehead atoms. The van der Waals surface area contributed by atoms with Crippen molar-refractivity contribution >= 4 is 39.8 Å². The van der Waals surface area contributed by atoms with Crippen molar-refractivity contribution in [2.24, 2.45) is 0 Å². The number of benzene rings is 2. The van der Waals surface area contributed by atoms with E-state index < -0.39 is 0 Å². The standard InChI is InChI=1S/C20H18ClN3O/c21-15-6-7-17-18(13-22-19(17)12-15)14-8-10-24(11-9-14)20(25)23-16-4-2-1-3-5-16/h1-8,12-13,22H,9-11H2,(H,23,25). The van der Waals surface area contributed by atoms with Crippen molar-refractivity contribution in [1.82, 2.24) is 9.88 Å². The number of fused-ring (bicyclic) bond motifs is 1. The molecule has 2 heterocycles. The molecule has 4 nitrogen and oxygen atoms in total. The average molecular weight is 352 g/mol. The molecule has 126 valence electrons. The molecule has 0 radical (unpaired) electrons. The minimum absolute atomic E-state index is 0.0628. The van der Waals surface area contributed by atoms with Crippen molar-refractivity contribution in [3.8, 4) is 0 Å². The first-order valence-corrected chi connectivity index (χ1v) is 8.65. The fourth-order valence-corrected chi connectivity index (χ4v) is 3.36. The van der Waals surface area contributed by atoms with Gasteiger partial charge >= 0.3 is 6.03 Å². The first-order chi connectivity index (χ1) is 12.2. The third kappa shape index (κ3) is 3.26. The van der Waals surface area contributed by atoms with Crippen molar-refractivity contribution in [1.29, 1.82) is 0 Å². The maximum atomic E-state index is 12.4. The van der Waals surface area contributed by atoms with Crippen LogP contribution in [0.3, 0.4) is 0 Å². The summed E-state index contributed by atoms with van der Waals surface area (Å²) in [7, 11) is 0. The van der Waals surface area contributed by atoms with Crippen molar-refractivity contribution in [3.05, 3.63) is 71.4 Å². The molecule has 0 saturated heterocycles. The molecule has 0 fully saturated rings. The first kappa shape index (κ1) is 15.8. The molecule has 5 heteroatoms. The Morgan fingerprint density at radius 1 is 1.16 bits per heavy atom. The SMILES string of the molecule is O=C(Nc1ccccc1)N1CC=C(c2c[nH]c3cc(Cl)ccc23)CC1. The molecular formula is C20H18ClN3O. The van der Waals surface area contributed by atoms with E-state index in [1.165, 1.54) is 11.1 Å². The van der Waals surface area contributed by atoms with E-state index >= 15 is 0 Å². The van der Waals surface area contributed by atoms with Gasteiger partial charge in [-0.1, -0.05) is 41.9 Å². The van der Waals surface area contributed by atoms with E-state index in [9.17, 15) is 4.79 Å². The molecule has 0 aliphatic carbocycles. The molecule has 25 heavy (non-hydrogen) atoms. The third-order valence-corrected chi connectivity index (χ3v) is 4.75. The number of rotatable bonds is 2. The predicted molar refractivity (Wildman–Crippen MR) is 103 cm³/mol. The Kier molecular flexibility index (Phi) is 4.20. The fraction of sp³-hybridized carbons (Fsp3) is 0.150. The van der Waals surface area contributed by atoms with Gasteiger partial charge in [-0.2, -0.15) is 0 Å². The molecule has 3 aromatic rings. The Hall–Kier alpha value is -2.72. The van der Waals surface area contributed by atoms with Crippen LogP contribution >= 0.6 is 11.6 Å². The molecule has 2 amide bonds. The Bertz CT molecular complexity index is 946. The number of aromatic nitrogens is 1. The van der Waals surface area contributed by atoms with Crippen molar-refractivity contribution in [3.63, 3.8) is 0 Å². The van der Waals surface area contributed by atoms with Crippen LogP contribution in [0.1, 0.15) is 12.0 Å². The van der Waals surface area contributed by atoms with E-state index in [0.29, 0.717) is 13.1 Å². The lowest BCUT2D eigenvalue weighted by Crippen LogP contribution is -2.37. The number of carbonyl (C=O) groups excluding carboxylic acids is 1. The molecular weight excluding hydrogens is 334 g/mol. The Labute approximate surface area is 151 Å². The van der Waals surface area contributed by atoms with Gasteiger partial charge in [0.2, 0.25) is 0 Å². The van der Waals surface area contributed by atoms with E-state index in [1.54, 1.807) is 0 Å². The number of aromatic amines is 1. The molecule has 0 atom stereocenters. The van der Waals surface area contributed by atoms with Crippen LogP contribution in [-0.2, 0) is 0 Å². The van der Waals surface area contributed by atoms with Gasteiger partial charge in [0.25, 0.3) is 0 Å². The number of amides is 2. The number of anilines is 1. The van der Waals surface area contributed by atoms with E-state index in [1.807, 2.05) is 59.6 Å². The minimum Gasteiger partial charge on any atom is -0.361 e. The minimum atomic E-state index is -0.0628.